The Bertz CT molecular complexity index is 1020. The first-order valence-corrected chi connectivity index (χ1v) is 10.6. The van der Waals surface area contributed by atoms with Crippen LogP contribution in [0.5, 0.6) is 0 Å². The van der Waals surface area contributed by atoms with Crippen molar-refractivity contribution in [1.82, 2.24) is 20.5 Å². The number of methoxy groups -OCH3 is 1. The maximum Gasteiger partial charge on any atom is 0.274 e. The topological polar surface area (TPSA) is 137 Å². The molecule has 0 unspecified atom stereocenters. The lowest BCUT2D eigenvalue weighted by molar-refractivity contribution is -0.134. The Morgan fingerprint density at radius 3 is 2.70 bits per heavy atom. The molecule has 0 saturated carbocycles. The van der Waals surface area contributed by atoms with Crippen molar-refractivity contribution in [1.29, 1.82) is 5.41 Å². The number of ether oxygens (including phenoxy) is 2. The van der Waals surface area contributed by atoms with Gasteiger partial charge in [-0.05, 0) is 32.1 Å². The molecular formula is C23H29N5O5. The zero-order chi connectivity index (χ0) is 24.0. The van der Waals surface area contributed by atoms with Gasteiger partial charge in [0.05, 0.1) is 44.0 Å². The van der Waals surface area contributed by atoms with Gasteiger partial charge in [0.25, 0.3) is 5.91 Å². The van der Waals surface area contributed by atoms with E-state index in [0.29, 0.717) is 49.0 Å². The zero-order valence-corrected chi connectivity index (χ0v) is 19.0. The molecule has 10 heteroatoms. The summed E-state index contributed by atoms with van der Waals surface area (Å²) in [5, 5.41) is 24.1. The highest BCUT2D eigenvalue weighted by atomic mass is 16.5. The summed E-state index contributed by atoms with van der Waals surface area (Å²) in [7, 11) is 1.44. The van der Waals surface area contributed by atoms with Gasteiger partial charge in [-0.3, -0.25) is 9.59 Å². The van der Waals surface area contributed by atoms with Crippen molar-refractivity contribution >= 4 is 17.5 Å². The van der Waals surface area contributed by atoms with Crippen LogP contribution in [-0.4, -0.2) is 72.5 Å². The molecule has 2 aliphatic rings. The number of hydrogen-bond acceptors (Lipinski definition) is 8. The SMILES string of the molecule is COC1=CC(=N)/C(=C\NCC(=O)N2CCOCC2)C=C1NC(=O)c1cccc(C(C)(C)O)n1. The third-order valence-electron chi connectivity index (χ3n) is 5.10. The van der Waals surface area contributed by atoms with Crippen LogP contribution in [0.15, 0.2) is 53.6 Å². The first kappa shape index (κ1) is 24.1. The van der Waals surface area contributed by atoms with E-state index in [1.165, 1.54) is 13.2 Å². The van der Waals surface area contributed by atoms with Crippen LogP contribution in [0, 0.1) is 5.41 Å². The zero-order valence-electron chi connectivity index (χ0n) is 19.0. The molecule has 0 bridgehead atoms. The first-order chi connectivity index (χ1) is 15.7. The van der Waals surface area contributed by atoms with Crippen molar-refractivity contribution in [2.75, 3.05) is 40.0 Å². The molecule has 4 N–H and O–H groups in total. The average molecular weight is 456 g/mol. The van der Waals surface area contributed by atoms with E-state index in [1.54, 1.807) is 49.2 Å². The summed E-state index contributed by atoms with van der Waals surface area (Å²) in [5.41, 5.74) is 0.296. The summed E-state index contributed by atoms with van der Waals surface area (Å²) in [5.74, 6) is -0.229. The fraction of sp³-hybridized carbons (Fsp3) is 0.391. The quantitative estimate of drug-likeness (QED) is 0.478. The minimum Gasteiger partial charge on any atom is -0.494 e. The minimum atomic E-state index is -1.19. The smallest absolute Gasteiger partial charge is 0.274 e. The van der Waals surface area contributed by atoms with Crippen LogP contribution in [0.3, 0.4) is 0 Å². The number of morpholine rings is 1. The fourth-order valence-corrected chi connectivity index (χ4v) is 3.24. The summed E-state index contributed by atoms with van der Waals surface area (Å²) in [4.78, 5) is 31.0. The van der Waals surface area contributed by atoms with E-state index < -0.39 is 11.5 Å². The molecule has 33 heavy (non-hydrogen) atoms. The van der Waals surface area contributed by atoms with E-state index in [4.69, 9.17) is 14.9 Å². The molecular weight excluding hydrogens is 426 g/mol. The number of nitrogens with zero attached hydrogens (tertiary/aromatic N) is 2. The van der Waals surface area contributed by atoms with Gasteiger partial charge in [0.15, 0.2) is 0 Å². The number of rotatable bonds is 7. The molecule has 0 aromatic carbocycles. The lowest BCUT2D eigenvalue weighted by Crippen LogP contribution is -2.44. The minimum absolute atomic E-state index is 0.0547. The summed E-state index contributed by atoms with van der Waals surface area (Å²) in [6.07, 6.45) is 4.63. The molecule has 1 aliphatic heterocycles. The van der Waals surface area contributed by atoms with E-state index in [-0.39, 0.29) is 23.9 Å². The number of hydrogen-bond donors (Lipinski definition) is 4. The first-order valence-electron chi connectivity index (χ1n) is 10.6. The Balaban J connectivity index is 1.71. The second-order valence-electron chi connectivity index (χ2n) is 8.08. The Morgan fingerprint density at radius 2 is 2.03 bits per heavy atom. The molecule has 176 valence electrons. The third kappa shape index (κ3) is 6.27. The summed E-state index contributed by atoms with van der Waals surface area (Å²) in [6.45, 7) is 5.44. The third-order valence-corrected chi connectivity index (χ3v) is 5.10. The van der Waals surface area contributed by atoms with Crippen molar-refractivity contribution in [3.63, 3.8) is 0 Å². The Hall–Kier alpha value is -3.50. The van der Waals surface area contributed by atoms with Crippen LogP contribution in [-0.2, 0) is 19.9 Å². The Morgan fingerprint density at radius 1 is 1.30 bits per heavy atom. The molecule has 3 rings (SSSR count). The van der Waals surface area contributed by atoms with Gasteiger partial charge in [-0.15, -0.1) is 0 Å². The van der Waals surface area contributed by atoms with Crippen LogP contribution < -0.4 is 10.6 Å². The number of carbonyl (C=O) groups is 2. The highest BCUT2D eigenvalue weighted by Crippen LogP contribution is 2.20. The highest BCUT2D eigenvalue weighted by molar-refractivity contribution is 6.10. The second-order valence-corrected chi connectivity index (χ2v) is 8.08. The van der Waals surface area contributed by atoms with Crippen LogP contribution in [0.1, 0.15) is 30.0 Å². The maximum atomic E-state index is 12.8. The normalized spacial score (nSPS) is 17.9. The van der Waals surface area contributed by atoms with E-state index in [0.717, 1.165) is 0 Å². The monoisotopic (exact) mass is 455 g/mol. The maximum absolute atomic E-state index is 12.8. The van der Waals surface area contributed by atoms with E-state index >= 15 is 0 Å². The molecule has 1 saturated heterocycles. The molecule has 1 aromatic rings. The van der Waals surface area contributed by atoms with Crippen molar-refractivity contribution in [3.05, 3.63) is 65.0 Å². The highest BCUT2D eigenvalue weighted by Gasteiger charge is 2.22. The van der Waals surface area contributed by atoms with Gasteiger partial charge in [-0.1, -0.05) is 6.07 Å². The van der Waals surface area contributed by atoms with Gasteiger partial charge in [-0.2, -0.15) is 0 Å². The van der Waals surface area contributed by atoms with Crippen LogP contribution in [0.4, 0.5) is 0 Å². The average Bonchev–Trinajstić information content (AvgIpc) is 2.80. The lowest BCUT2D eigenvalue weighted by Gasteiger charge is -2.26. The second kappa shape index (κ2) is 10.4. The Kier molecular flexibility index (Phi) is 7.62. The van der Waals surface area contributed by atoms with Crippen molar-refractivity contribution < 1.29 is 24.2 Å². The number of allylic oxidation sites excluding steroid dienone is 3. The number of aliphatic hydroxyl groups is 1. The van der Waals surface area contributed by atoms with Crippen molar-refractivity contribution in [3.8, 4) is 0 Å². The van der Waals surface area contributed by atoms with Gasteiger partial charge in [-0.25, -0.2) is 4.98 Å². The molecule has 2 heterocycles. The van der Waals surface area contributed by atoms with Crippen molar-refractivity contribution in [2.45, 2.75) is 19.4 Å². The standard InChI is InChI=1S/C23H29N5O5/c1-23(2,31)20-6-4-5-17(26-20)22(30)27-18-11-15(16(24)12-19(18)32-3)13-25-14-21(29)28-7-9-33-10-8-28/h4-6,11-13,24-25,31H,7-10,14H2,1-3H3,(H,27,30)/b15-13-,24-16?. The molecule has 1 aliphatic carbocycles. The lowest BCUT2D eigenvalue weighted by atomic mass is 10.0. The summed E-state index contributed by atoms with van der Waals surface area (Å²) >= 11 is 0. The van der Waals surface area contributed by atoms with Gasteiger partial charge in [0.1, 0.15) is 17.1 Å². The van der Waals surface area contributed by atoms with Gasteiger partial charge in [0.2, 0.25) is 5.91 Å². The fourth-order valence-electron chi connectivity index (χ4n) is 3.24. The molecule has 1 aromatic heterocycles. The van der Waals surface area contributed by atoms with Gasteiger partial charge in [0, 0.05) is 30.9 Å². The summed E-state index contributed by atoms with van der Waals surface area (Å²) < 4.78 is 10.6. The van der Waals surface area contributed by atoms with Crippen molar-refractivity contribution in [2.24, 2.45) is 0 Å². The largest absolute Gasteiger partial charge is 0.494 e. The van der Waals surface area contributed by atoms with Gasteiger partial charge < -0.3 is 35.5 Å². The van der Waals surface area contributed by atoms with Crippen LogP contribution in [0.2, 0.25) is 0 Å². The molecule has 2 amide bonds. The molecule has 1 fully saturated rings. The Labute approximate surface area is 192 Å². The number of pyridine rings is 1. The molecule has 0 atom stereocenters. The predicted molar refractivity (Wildman–Crippen MR) is 121 cm³/mol. The van der Waals surface area contributed by atoms with E-state index in [2.05, 4.69) is 15.6 Å². The molecule has 0 spiro atoms. The predicted octanol–water partition coefficient (Wildman–Crippen LogP) is 0.819. The molecule has 10 nitrogen and oxygen atoms in total. The molecule has 0 radical (unpaired) electrons. The summed E-state index contributed by atoms with van der Waals surface area (Å²) in [6, 6.07) is 4.83. The number of carbonyl (C=O) groups excluding carboxylic acids is 2. The van der Waals surface area contributed by atoms with Crippen LogP contribution >= 0.6 is 0 Å². The van der Waals surface area contributed by atoms with E-state index in [1.807, 2.05) is 0 Å². The number of amides is 2. The van der Waals surface area contributed by atoms with Crippen LogP contribution in [0.25, 0.3) is 0 Å². The number of nitrogens with one attached hydrogen (secondary N) is 3. The number of aromatic nitrogens is 1. The van der Waals surface area contributed by atoms with E-state index in [9.17, 15) is 14.7 Å². The van der Waals surface area contributed by atoms with Gasteiger partial charge >= 0.3 is 0 Å².